The molecule has 1 heterocycles. The van der Waals surface area contributed by atoms with Gasteiger partial charge in [-0.2, -0.15) is 0 Å². The average Bonchev–Trinajstić information content (AvgIpc) is 2.67. The Balaban J connectivity index is 2.51. The zero-order valence-corrected chi connectivity index (χ0v) is 10.7. The molecule has 0 aromatic rings. The second-order valence-corrected chi connectivity index (χ2v) is 4.59. The quantitative estimate of drug-likeness (QED) is 0.642. The summed E-state index contributed by atoms with van der Waals surface area (Å²) in [6, 6.07) is 0. The molecule has 15 heavy (non-hydrogen) atoms. The van der Waals surface area contributed by atoms with Crippen molar-refractivity contribution in [2.45, 2.75) is 65.0 Å². The highest BCUT2D eigenvalue weighted by molar-refractivity contribution is 4.85. The molecule has 0 aliphatic carbocycles. The Morgan fingerprint density at radius 3 is 2.47 bits per heavy atom. The normalized spacial score (nSPS) is 27.4. The molecule has 2 nitrogen and oxygen atoms in total. The summed E-state index contributed by atoms with van der Waals surface area (Å²) in [5, 5.41) is 0. The number of nitrogens with zero attached hydrogens (tertiary/aromatic N) is 1. The van der Waals surface area contributed by atoms with Gasteiger partial charge in [0.15, 0.2) is 0 Å². The van der Waals surface area contributed by atoms with Crippen LogP contribution in [0.5, 0.6) is 0 Å². The molecule has 1 unspecified atom stereocenters. The Hall–Kier alpha value is -0.0800. The maximum absolute atomic E-state index is 6.03. The van der Waals surface area contributed by atoms with Gasteiger partial charge in [-0.1, -0.05) is 33.6 Å². The van der Waals surface area contributed by atoms with Gasteiger partial charge in [-0.3, -0.25) is 4.90 Å². The first-order chi connectivity index (χ1) is 7.29. The van der Waals surface area contributed by atoms with E-state index in [1.54, 1.807) is 0 Å². The summed E-state index contributed by atoms with van der Waals surface area (Å²) in [5.74, 6) is 0. The van der Waals surface area contributed by atoms with E-state index in [9.17, 15) is 0 Å². The fourth-order valence-electron chi connectivity index (χ4n) is 2.49. The summed E-state index contributed by atoms with van der Waals surface area (Å²) in [7, 11) is 0. The largest absolute Gasteiger partial charge is 0.359 e. The maximum Gasteiger partial charge on any atom is 0.121 e. The van der Waals surface area contributed by atoms with Crippen LogP contribution in [0.25, 0.3) is 0 Å². The molecule has 0 radical (unpaired) electrons. The summed E-state index contributed by atoms with van der Waals surface area (Å²) in [4.78, 5) is 2.58. The zero-order valence-electron chi connectivity index (χ0n) is 10.7. The van der Waals surface area contributed by atoms with Crippen LogP contribution in [0.15, 0.2) is 0 Å². The van der Waals surface area contributed by atoms with Gasteiger partial charge < -0.3 is 4.74 Å². The SMILES string of the molecule is CCCCN1CCOC1(CC)CCCC. The van der Waals surface area contributed by atoms with Gasteiger partial charge in [-0.25, -0.2) is 0 Å². The van der Waals surface area contributed by atoms with Crippen molar-refractivity contribution >= 4 is 0 Å². The Labute approximate surface area is 95.0 Å². The molecule has 0 aromatic heterocycles. The van der Waals surface area contributed by atoms with Crippen molar-refractivity contribution in [3.63, 3.8) is 0 Å². The maximum atomic E-state index is 6.03. The Bertz CT molecular complexity index is 172. The van der Waals surface area contributed by atoms with Gasteiger partial charge in [0, 0.05) is 13.1 Å². The highest BCUT2D eigenvalue weighted by Crippen LogP contribution is 2.32. The van der Waals surface area contributed by atoms with E-state index < -0.39 is 0 Å². The zero-order chi connectivity index (χ0) is 11.1. The van der Waals surface area contributed by atoms with Crippen LogP contribution < -0.4 is 0 Å². The fraction of sp³-hybridized carbons (Fsp3) is 1.00. The van der Waals surface area contributed by atoms with Crippen molar-refractivity contribution in [3.8, 4) is 0 Å². The summed E-state index contributed by atoms with van der Waals surface area (Å²) >= 11 is 0. The number of ether oxygens (including phenoxy) is 1. The van der Waals surface area contributed by atoms with E-state index in [0.717, 1.165) is 19.6 Å². The molecule has 1 fully saturated rings. The molecule has 0 bridgehead atoms. The lowest BCUT2D eigenvalue weighted by Gasteiger charge is -2.36. The topological polar surface area (TPSA) is 12.5 Å². The summed E-state index contributed by atoms with van der Waals surface area (Å²) in [6.45, 7) is 10.1. The van der Waals surface area contributed by atoms with Crippen LogP contribution >= 0.6 is 0 Å². The minimum Gasteiger partial charge on any atom is -0.359 e. The summed E-state index contributed by atoms with van der Waals surface area (Å²) < 4.78 is 6.03. The first kappa shape index (κ1) is 13.0. The Kier molecular flexibility index (Phi) is 5.62. The first-order valence-electron chi connectivity index (χ1n) is 6.68. The van der Waals surface area contributed by atoms with Crippen LogP contribution in [0.2, 0.25) is 0 Å². The molecular weight excluding hydrogens is 186 g/mol. The molecule has 2 heteroatoms. The predicted octanol–water partition coefficient (Wildman–Crippen LogP) is 3.42. The van der Waals surface area contributed by atoms with Gasteiger partial charge in [0.2, 0.25) is 0 Å². The average molecular weight is 213 g/mol. The molecule has 0 saturated carbocycles. The number of hydrogen-bond donors (Lipinski definition) is 0. The molecule has 90 valence electrons. The minimum absolute atomic E-state index is 0.0885. The summed E-state index contributed by atoms with van der Waals surface area (Å²) in [5.41, 5.74) is 0.0885. The molecule has 1 rings (SSSR count). The molecule has 0 spiro atoms. The second kappa shape index (κ2) is 6.49. The molecule has 0 N–H and O–H groups in total. The molecule has 1 saturated heterocycles. The highest BCUT2D eigenvalue weighted by atomic mass is 16.5. The van der Waals surface area contributed by atoms with E-state index in [2.05, 4.69) is 25.7 Å². The second-order valence-electron chi connectivity index (χ2n) is 4.59. The number of unbranched alkanes of at least 4 members (excludes halogenated alkanes) is 2. The van der Waals surface area contributed by atoms with Crippen molar-refractivity contribution in [3.05, 3.63) is 0 Å². The third-order valence-electron chi connectivity index (χ3n) is 3.56. The molecule has 1 aliphatic rings. The van der Waals surface area contributed by atoms with E-state index in [-0.39, 0.29) is 5.72 Å². The molecule has 1 aliphatic heterocycles. The predicted molar refractivity (Wildman–Crippen MR) is 65.0 cm³/mol. The van der Waals surface area contributed by atoms with E-state index >= 15 is 0 Å². The van der Waals surface area contributed by atoms with Crippen LogP contribution in [-0.2, 0) is 4.74 Å². The molecular formula is C13H27NO. The Morgan fingerprint density at radius 2 is 1.87 bits per heavy atom. The highest BCUT2D eigenvalue weighted by Gasteiger charge is 2.39. The van der Waals surface area contributed by atoms with Gasteiger partial charge in [0.05, 0.1) is 6.61 Å². The van der Waals surface area contributed by atoms with Crippen molar-refractivity contribution in [1.82, 2.24) is 4.90 Å². The van der Waals surface area contributed by atoms with Gasteiger partial charge in [-0.15, -0.1) is 0 Å². The molecule has 0 aromatic carbocycles. The smallest absolute Gasteiger partial charge is 0.121 e. The number of hydrogen-bond acceptors (Lipinski definition) is 2. The minimum atomic E-state index is 0.0885. The van der Waals surface area contributed by atoms with Gasteiger partial charge in [0.1, 0.15) is 5.72 Å². The number of rotatable bonds is 7. The molecule has 1 atom stereocenters. The monoisotopic (exact) mass is 213 g/mol. The van der Waals surface area contributed by atoms with Crippen molar-refractivity contribution in [1.29, 1.82) is 0 Å². The van der Waals surface area contributed by atoms with Crippen LogP contribution in [0.4, 0.5) is 0 Å². The standard InChI is InChI=1S/C13H27NO/c1-4-7-9-13(6-3)14(10-8-5-2)11-12-15-13/h4-12H2,1-3H3. The van der Waals surface area contributed by atoms with Crippen molar-refractivity contribution in [2.24, 2.45) is 0 Å². The van der Waals surface area contributed by atoms with E-state index in [1.165, 1.54) is 38.6 Å². The van der Waals surface area contributed by atoms with Crippen LogP contribution in [0, 0.1) is 0 Å². The van der Waals surface area contributed by atoms with Gasteiger partial charge >= 0.3 is 0 Å². The lowest BCUT2D eigenvalue weighted by atomic mass is 10.0. The van der Waals surface area contributed by atoms with E-state index in [0.29, 0.717) is 0 Å². The van der Waals surface area contributed by atoms with Crippen LogP contribution in [-0.4, -0.2) is 30.3 Å². The van der Waals surface area contributed by atoms with Crippen molar-refractivity contribution in [2.75, 3.05) is 19.7 Å². The van der Waals surface area contributed by atoms with Gasteiger partial charge in [0.25, 0.3) is 0 Å². The third kappa shape index (κ3) is 3.18. The molecule has 0 amide bonds. The van der Waals surface area contributed by atoms with Crippen LogP contribution in [0.1, 0.15) is 59.3 Å². The first-order valence-corrected chi connectivity index (χ1v) is 6.68. The van der Waals surface area contributed by atoms with E-state index in [4.69, 9.17) is 4.74 Å². The van der Waals surface area contributed by atoms with Crippen molar-refractivity contribution < 1.29 is 4.74 Å². The Morgan fingerprint density at radius 1 is 1.13 bits per heavy atom. The van der Waals surface area contributed by atoms with Gasteiger partial charge in [-0.05, 0) is 25.7 Å². The van der Waals surface area contributed by atoms with E-state index in [1.807, 2.05) is 0 Å². The third-order valence-corrected chi connectivity index (χ3v) is 3.56. The lowest BCUT2D eigenvalue weighted by molar-refractivity contribution is -0.0924. The lowest BCUT2D eigenvalue weighted by Crippen LogP contribution is -2.44. The van der Waals surface area contributed by atoms with Crippen LogP contribution in [0.3, 0.4) is 0 Å². The summed E-state index contributed by atoms with van der Waals surface area (Å²) in [6.07, 6.45) is 7.49. The fourth-order valence-corrected chi connectivity index (χ4v) is 2.49.